The van der Waals surface area contributed by atoms with E-state index in [0.717, 1.165) is 12.8 Å². The molecular formula is C19H19Cl2N. The summed E-state index contributed by atoms with van der Waals surface area (Å²) in [5, 5.41) is 0. The minimum absolute atomic E-state index is 0.0490. The van der Waals surface area contributed by atoms with Gasteiger partial charge in [-0.25, -0.2) is 0 Å². The van der Waals surface area contributed by atoms with Crippen molar-refractivity contribution in [2.45, 2.75) is 42.2 Å². The molecule has 0 bridgehead atoms. The molecule has 2 aliphatic heterocycles. The van der Waals surface area contributed by atoms with Crippen molar-refractivity contribution < 1.29 is 0 Å². The fourth-order valence-electron chi connectivity index (χ4n) is 4.32. The van der Waals surface area contributed by atoms with Crippen LogP contribution in [0.4, 0.5) is 0 Å². The average Bonchev–Trinajstić information content (AvgIpc) is 2.98. The van der Waals surface area contributed by atoms with Crippen molar-refractivity contribution in [1.82, 2.24) is 4.90 Å². The molecule has 2 heterocycles. The van der Waals surface area contributed by atoms with E-state index < -0.39 is 4.46 Å². The van der Waals surface area contributed by atoms with Crippen molar-refractivity contribution >= 4 is 23.2 Å². The first-order valence-electron chi connectivity index (χ1n) is 7.70. The molecule has 114 valence electrons. The molecule has 2 aliphatic rings. The van der Waals surface area contributed by atoms with E-state index in [4.69, 9.17) is 23.2 Å². The van der Waals surface area contributed by atoms with Crippen LogP contribution in [-0.2, 0) is 18.4 Å². The van der Waals surface area contributed by atoms with Gasteiger partial charge in [0.2, 0.25) is 0 Å². The lowest BCUT2D eigenvalue weighted by Gasteiger charge is -2.37. The summed E-state index contributed by atoms with van der Waals surface area (Å²) < 4.78 is -0.848. The van der Waals surface area contributed by atoms with Crippen LogP contribution in [0.5, 0.6) is 0 Å². The first kappa shape index (κ1) is 14.6. The maximum Gasteiger partial charge on any atom is 0.195 e. The van der Waals surface area contributed by atoms with Gasteiger partial charge in [0.05, 0.1) is 0 Å². The normalized spacial score (nSPS) is 30.3. The van der Waals surface area contributed by atoms with Crippen LogP contribution in [0.1, 0.15) is 30.5 Å². The quantitative estimate of drug-likeness (QED) is 0.429. The van der Waals surface area contributed by atoms with Crippen molar-refractivity contribution in [3.63, 3.8) is 0 Å². The molecule has 1 fully saturated rings. The number of fused-ring (bicyclic) bond motifs is 3. The van der Waals surface area contributed by atoms with Crippen LogP contribution in [0.3, 0.4) is 0 Å². The highest BCUT2D eigenvalue weighted by Gasteiger charge is 2.80. The van der Waals surface area contributed by atoms with Crippen LogP contribution >= 0.6 is 23.2 Å². The van der Waals surface area contributed by atoms with Gasteiger partial charge in [0.15, 0.2) is 4.46 Å². The van der Waals surface area contributed by atoms with Gasteiger partial charge in [-0.05, 0) is 43.4 Å². The van der Waals surface area contributed by atoms with Gasteiger partial charge in [0.1, 0.15) is 5.54 Å². The van der Waals surface area contributed by atoms with E-state index in [-0.39, 0.29) is 11.1 Å². The second kappa shape index (κ2) is 4.50. The third kappa shape index (κ3) is 1.76. The van der Waals surface area contributed by atoms with Crippen molar-refractivity contribution in [2.24, 2.45) is 0 Å². The number of rotatable bonds is 2. The minimum atomic E-state index is -0.848. The lowest BCUT2D eigenvalue weighted by molar-refractivity contribution is 0.196. The topological polar surface area (TPSA) is 3.01 Å². The van der Waals surface area contributed by atoms with Crippen molar-refractivity contribution in [1.29, 1.82) is 0 Å². The molecular weight excluding hydrogens is 313 g/mol. The molecule has 3 heteroatoms. The smallest absolute Gasteiger partial charge is 0.195 e. The van der Waals surface area contributed by atoms with E-state index in [2.05, 4.69) is 67.3 Å². The van der Waals surface area contributed by atoms with Gasteiger partial charge in [-0.3, -0.25) is 4.90 Å². The summed E-state index contributed by atoms with van der Waals surface area (Å²) in [5.74, 6) is 0. The summed E-state index contributed by atoms with van der Waals surface area (Å²) in [4.78, 5) is 2.28. The van der Waals surface area contributed by atoms with Crippen LogP contribution in [0.2, 0.25) is 0 Å². The fraction of sp³-hybridized carbons (Fsp3) is 0.368. The Kier molecular flexibility index (Phi) is 2.98. The molecule has 2 aromatic carbocycles. The molecule has 1 nitrogen and oxygen atoms in total. The summed E-state index contributed by atoms with van der Waals surface area (Å²) in [6.45, 7) is 4.46. The zero-order chi connectivity index (χ0) is 15.6. The lowest BCUT2D eigenvalue weighted by atomic mass is 9.79. The van der Waals surface area contributed by atoms with Gasteiger partial charge in [0.25, 0.3) is 0 Å². The Balaban J connectivity index is 1.89. The second-order valence-electron chi connectivity index (χ2n) is 7.05. The number of halogens is 2. The van der Waals surface area contributed by atoms with E-state index in [1.165, 1.54) is 16.7 Å². The van der Waals surface area contributed by atoms with Crippen LogP contribution in [0, 0.1) is 0 Å². The number of hydrogen-bond acceptors (Lipinski definition) is 1. The second-order valence-corrected chi connectivity index (χ2v) is 8.33. The fourth-order valence-corrected chi connectivity index (χ4v) is 5.49. The molecule has 2 aromatic rings. The molecule has 22 heavy (non-hydrogen) atoms. The van der Waals surface area contributed by atoms with E-state index in [1.54, 1.807) is 0 Å². The third-order valence-electron chi connectivity index (χ3n) is 5.10. The Morgan fingerprint density at radius 1 is 0.955 bits per heavy atom. The number of alkyl halides is 2. The van der Waals surface area contributed by atoms with Gasteiger partial charge in [-0.2, -0.15) is 0 Å². The molecule has 0 N–H and O–H groups in total. The van der Waals surface area contributed by atoms with Gasteiger partial charge in [0, 0.05) is 5.54 Å². The van der Waals surface area contributed by atoms with Gasteiger partial charge >= 0.3 is 0 Å². The van der Waals surface area contributed by atoms with Gasteiger partial charge < -0.3 is 0 Å². The SMILES string of the molecule is CC1(C)Cc2ccccc2C2(Cc3ccccc3)N1C2(Cl)Cl. The van der Waals surface area contributed by atoms with E-state index >= 15 is 0 Å². The highest BCUT2D eigenvalue weighted by atomic mass is 35.5. The standard InChI is InChI=1S/C19H19Cl2N/c1-17(2)13-15-10-6-7-11-16(15)18(19(20,21)22(17)18)12-14-8-4-3-5-9-14/h3-11H,12-13H2,1-2H3. The predicted molar refractivity (Wildman–Crippen MR) is 92.3 cm³/mol. The minimum Gasteiger partial charge on any atom is -0.250 e. The van der Waals surface area contributed by atoms with Crippen LogP contribution in [-0.4, -0.2) is 14.9 Å². The molecule has 0 amide bonds. The number of hydrogen-bond donors (Lipinski definition) is 0. The first-order valence-corrected chi connectivity index (χ1v) is 8.46. The number of benzene rings is 2. The first-order chi connectivity index (χ1) is 10.4. The summed E-state index contributed by atoms with van der Waals surface area (Å²) in [6.07, 6.45) is 1.81. The Hall–Kier alpha value is -1.02. The number of nitrogens with zero attached hydrogens (tertiary/aromatic N) is 1. The Morgan fingerprint density at radius 2 is 1.59 bits per heavy atom. The molecule has 0 radical (unpaired) electrons. The van der Waals surface area contributed by atoms with Crippen LogP contribution in [0.15, 0.2) is 54.6 Å². The Labute approximate surface area is 141 Å². The van der Waals surface area contributed by atoms with Crippen LogP contribution < -0.4 is 0 Å². The van der Waals surface area contributed by atoms with Crippen molar-refractivity contribution in [3.8, 4) is 0 Å². The molecule has 4 rings (SSSR count). The molecule has 2 unspecified atom stereocenters. The van der Waals surface area contributed by atoms with Crippen molar-refractivity contribution in [2.75, 3.05) is 0 Å². The van der Waals surface area contributed by atoms with Gasteiger partial charge in [-0.15, -0.1) is 0 Å². The van der Waals surface area contributed by atoms with Gasteiger partial charge in [-0.1, -0.05) is 77.8 Å². The maximum atomic E-state index is 6.82. The van der Waals surface area contributed by atoms with E-state index in [9.17, 15) is 0 Å². The van der Waals surface area contributed by atoms with Crippen LogP contribution in [0.25, 0.3) is 0 Å². The van der Waals surface area contributed by atoms with E-state index in [1.807, 2.05) is 6.07 Å². The summed E-state index contributed by atoms with van der Waals surface area (Å²) in [6, 6.07) is 19.1. The molecule has 2 atom stereocenters. The van der Waals surface area contributed by atoms with E-state index in [0.29, 0.717) is 0 Å². The Morgan fingerprint density at radius 3 is 2.32 bits per heavy atom. The largest absolute Gasteiger partial charge is 0.250 e. The molecule has 0 aliphatic carbocycles. The molecule has 0 aromatic heterocycles. The molecule has 0 saturated carbocycles. The lowest BCUT2D eigenvalue weighted by Crippen LogP contribution is -2.42. The average molecular weight is 332 g/mol. The third-order valence-corrected chi connectivity index (χ3v) is 6.07. The van der Waals surface area contributed by atoms with Crippen molar-refractivity contribution in [3.05, 3.63) is 71.3 Å². The highest BCUT2D eigenvalue weighted by molar-refractivity contribution is 6.51. The predicted octanol–water partition coefficient (Wildman–Crippen LogP) is 4.91. The monoisotopic (exact) mass is 331 g/mol. The molecule has 1 saturated heterocycles. The maximum absolute atomic E-state index is 6.82. The zero-order valence-electron chi connectivity index (χ0n) is 12.8. The Bertz CT molecular complexity index is 723. The highest BCUT2D eigenvalue weighted by Crippen LogP contribution is 2.71. The molecule has 0 spiro atoms. The summed E-state index contributed by atoms with van der Waals surface area (Å²) in [7, 11) is 0. The summed E-state index contributed by atoms with van der Waals surface area (Å²) >= 11 is 13.6. The summed E-state index contributed by atoms with van der Waals surface area (Å²) in [5.41, 5.74) is 3.54. The zero-order valence-corrected chi connectivity index (χ0v) is 14.3.